The maximum Gasteiger partial charge on any atom is 0.0562 e. The van der Waals surface area contributed by atoms with Gasteiger partial charge in [-0.15, -0.1) is 23.4 Å². The van der Waals surface area contributed by atoms with E-state index in [2.05, 4.69) is 72.1 Å². The molecular formula is C18H30S. The van der Waals surface area contributed by atoms with Crippen molar-refractivity contribution in [3.05, 3.63) is 16.7 Å². The van der Waals surface area contributed by atoms with Crippen LogP contribution in [0.1, 0.15) is 61.8 Å². The first-order chi connectivity index (χ1) is 8.76. The third-order valence-electron chi connectivity index (χ3n) is 3.54. The largest absolute Gasteiger partial charge is 0.119 e. The maximum absolute atomic E-state index is 3.54. The molecule has 0 aromatic rings. The first kappa shape index (κ1) is 18.4. The van der Waals surface area contributed by atoms with Crippen molar-refractivity contribution in [2.75, 3.05) is 0 Å². The lowest BCUT2D eigenvalue weighted by Gasteiger charge is -2.23. The second kappa shape index (κ2) is 8.57. The van der Waals surface area contributed by atoms with E-state index in [9.17, 15) is 0 Å². The van der Waals surface area contributed by atoms with E-state index in [4.69, 9.17) is 0 Å². The van der Waals surface area contributed by atoms with E-state index in [1.807, 2.05) is 18.7 Å². The smallest absolute Gasteiger partial charge is 0.0562 e. The molecule has 0 aromatic heterocycles. The van der Waals surface area contributed by atoms with Crippen LogP contribution in [-0.2, 0) is 0 Å². The molecule has 1 heteroatoms. The highest BCUT2D eigenvalue weighted by atomic mass is 32.2. The normalized spacial score (nSPS) is 15.3. The molecule has 0 saturated heterocycles. The molecule has 2 atom stereocenters. The number of hydrogen-bond acceptors (Lipinski definition) is 1. The Morgan fingerprint density at radius 2 is 1.79 bits per heavy atom. The van der Waals surface area contributed by atoms with Gasteiger partial charge in [0.1, 0.15) is 0 Å². The molecule has 0 N–H and O–H groups in total. The summed E-state index contributed by atoms with van der Waals surface area (Å²) in [6.45, 7) is 17.6. The van der Waals surface area contributed by atoms with Gasteiger partial charge in [0, 0.05) is 10.2 Å². The van der Waals surface area contributed by atoms with Crippen molar-refractivity contribution < 1.29 is 0 Å². The standard InChI is InChI=1S/C18H30S/c1-9-12-18(8,15(5)6)13-11-17(14(3)4)19-16(7)10-2/h13-16H,10H2,1-8H3. The lowest BCUT2D eigenvalue weighted by molar-refractivity contribution is 0.400. The monoisotopic (exact) mass is 278 g/mol. The Bertz CT molecular complexity index is 386. The van der Waals surface area contributed by atoms with Gasteiger partial charge in [-0.3, -0.25) is 0 Å². The Balaban J connectivity index is 5.38. The summed E-state index contributed by atoms with van der Waals surface area (Å²) in [5.74, 6) is 7.41. The molecule has 0 nitrogen and oxygen atoms in total. The second-order valence-corrected chi connectivity index (χ2v) is 7.44. The fourth-order valence-electron chi connectivity index (χ4n) is 1.47. The van der Waals surface area contributed by atoms with Gasteiger partial charge < -0.3 is 0 Å². The van der Waals surface area contributed by atoms with E-state index in [1.165, 1.54) is 11.3 Å². The van der Waals surface area contributed by atoms with E-state index in [0.717, 1.165) is 0 Å². The van der Waals surface area contributed by atoms with Crippen LogP contribution in [0.3, 0.4) is 0 Å². The Kier molecular flexibility index (Phi) is 8.31. The minimum atomic E-state index is -0.0785. The predicted molar refractivity (Wildman–Crippen MR) is 90.2 cm³/mol. The van der Waals surface area contributed by atoms with Crippen LogP contribution in [0.2, 0.25) is 0 Å². The van der Waals surface area contributed by atoms with Crippen molar-refractivity contribution in [2.45, 2.75) is 67.1 Å². The molecule has 0 aromatic carbocycles. The molecular weight excluding hydrogens is 248 g/mol. The van der Waals surface area contributed by atoms with Gasteiger partial charge in [0.05, 0.1) is 5.41 Å². The van der Waals surface area contributed by atoms with Crippen LogP contribution in [0, 0.1) is 29.1 Å². The van der Waals surface area contributed by atoms with Crippen LogP contribution in [0.5, 0.6) is 0 Å². The predicted octanol–water partition coefficient (Wildman–Crippen LogP) is 5.90. The third kappa shape index (κ3) is 6.42. The number of thioether (sulfide) groups is 1. The summed E-state index contributed by atoms with van der Waals surface area (Å²) in [4.78, 5) is 1.35. The van der Waals surface area contributed by atoms with Crippen molar-refractivity contribution in [1.82, 2.24) is 0 Å². The Labute approximate surface area is 125 Å². The van der Waals surface area contributed by atoms with Crippen LogP contribution in [0.4, 0.5) is 0 Å². The molecule has 108 valence electrons. The molecule has 0 radical (unpaired) electrons. The number of rotatable bonds is 6. The summed E-state index contributed by atoms with van der Waals surface area (Å²) in [6, 6.07) is 0. The minimum Gasteiger partial charge on any atom is -0.119 e. The Hall–Kier alpha value is -0.570. The first-order valence-corrected chi connectivity index (χ1v) is 8.23. The van der Waals surface area contributed by atoms with Gasteiger partial charge in [-0.1, -0.05) is 47.5 Å². The molecule has 0 aliphatic rings. The average molecular weight is 279 g/mol. The molecule has 0 aliphatic carbocycles. The Morgan fingerprint density at radius 3 is 2.16 bits per heavy atom. The fraction of sp³-hybridized carbons (Fsp3) is 0.722. The van der Waals surface area contributed by atoms with Gasteiger partial charge in [0.2, 0.25) is 0 Å². The van der Waals surface area contributed by atoms with Crippen LogP contribution in [-0.4, -0.2) is 5.25 Å². The molecule has 2 unspecified atom stereocenters. The summed E-state index contributed by atoms with van der Waals surface area (Å²) in [5, 5.41) is 0.654. The van der Waals surface area contributed by atoms with Crippen molar-refractivity contribution >= 4 is 11.8 Å². The van der Waals surface area contributed by atoms with Gasteiger partial charge in [-0.2, -0.15) is 0 Å². The summed E-state index contributed by atoms with van der Waals surface area (Å²) in [5.41, 5.74) is 3.46. The summed E-state index contributed by atoms with van der Waals surface area (Å²) in [7, 11) is 0. The van der Waals surface area contributed by atoms with Gasteiger partial charge in [0.25, 0.3) is 0 Å². The van der Waals surface area contributed by atoms with E-state index in [-0.39, 0.29) is 5.41 Å². The summed E-state index contributed by atoms with van der Waals surface area (Å²) < 4.78 is 0. The summed E-state index contributed by atoms with van der Waals surface area (Å²) in [6.07, 6.45) is 3.37. The number of hydrogen-bond donors (Lipinski definition) is 0. The third-order valence-corrected chi connectivity index (χ3v) is 5.11. The zero-order valence-electron chi connectivity index (χ0n) is 13.9. The first-order valence-electron chi connectivity index (χ1n) is 7.35. The SMILES string of the molecule is CC#CC(C)(C=C=C(SC(C)CC)C(C)C)C(C)C. The van der Waals surface area contributed by atoms with Crippen molar-refractivity contribution in [3.63, 3.8) is 0 Å². The van der Waals surface area contributed by atoms with Crippen LogP contribution < -0.4 is 0 Å². The van der Waals surface area contributed by atoms with Crippen molar-refractivity contribution in [1.29, 1.82) is 0 Å². The molecule has 0 amide bonds. The summed E-state index contributed by atoms with van der Waals surface area (Å²) >= 11 is 1.95. The average Bonchev–Trinajstić information content (AvgIpc) is 2.33. The van der Waals surface area contributed by atoms with Crippen molar-refractivity contribution in [3.8, 4) is 11.8 Å². The quantitative estimate of drug-likeness (QED) is 0.430. The fourth-order valence-corrected chi connectivity index (χ4v) is 2.47. The van der Waals surface area contributed by atoms with Gasteiger partial charge in [0.15, 0.2) is 0 Å². The minimum absolute atomic E-state index is 0.0785. The lowest BCUT2D eigenvalue weighted by Crippen LogP contribution is -2.18. The van der Waals surface area contributed by atoms with E-state index < -0.39 is 0 Å². The topological polar surface area (TPSA) is 0 Å². The molecule has 0 fully saturated rings. The molecule has 0 saturated carbocycles. The van der Waals surface area contributed by atoms with Gasteiger partial charge in [-0.05, 0) is 38.2 Å². The van der Waals surface area contributed by atoms with Crippen molar-refractivity contribution in [2.24, 2.45) is 17.3 Å². The zero-order chi connectivity index (χ0) is 15.1. The van der Waals surface area contributed by atoms with E-state index in [1.54, 1.807) is 0 Å². The molecule has 0 heterocycles. The van der Waals surface area contributed by atoms with E-state index in [0.29, 0.717) is 17.1 Å². The van der Waals surface area contributed by atoms with Gasteiger partial charge in [-0.25, -0.2) is 0 Å². The zero-order valence-corrected chi connectivity index (χ0v) is 14.7. The highest BCUT2D eigenvalue weighted by Crippen LogP contribution is 2.31. The lowest BCUT2D eigenvalue weighted by atomic mass is 9.79. The van der Waals surface area contributed by atoms with Crippen LogP contribution in [0.15, 0.2) is 16.7 Å². The van der Waals surface area contributed by atoms with Crippen LogP contribution >= 0.6 is 11.8 Å². The second-order valence-electron chi connectivity index (χ2n) is 5.96. The van der Waals surface area contributed by atoms with Crippen LogP contribution in [0.25, 0.3) is 0 Å². The molecule has 0 spiro atoms. The molecule has 0 rings (SSSR count). The number of allylic oxidation sites excluding steroid dienone is 1. The maximum atomic E-state index is 3.54. The molecule has 0 aliphatic heterocycles. The van der Waals surface area contributed by atoms with Gasteiger partial charge >= 0.3 is 0 Å². The molecule has 0 bridgehead atoms. The molecule has 19 heavy (non-hydrogen) atoms. The highest BCUT2D eigenvalue weighted by Gasteiger charge is 2.22. The Morgan fingerprint density at radius 1 is 1.21 bits per heavy atom. The highest BCUT2D eigenvalue weighted by molar-refractivity contribution is 8.03. The van der Waals surface area contributed by atoms with E-state index >= 15 is 0 Å².